The highest BCUT2D eigenvalue weighted by Crippen LogP contribution is 2.10. The Labute approximate surface area is 81.6 Å². The van der Waals surface area contributed by atoms with Gasteiger partial charge in [0.1, 0.15) is 6.33 Å². The van der Waals surface area contributed by atoms with E-state index in [1.165, 1.54) is 10.9 Å². The molecular formula is C9H12N2O3. The van der Waals surface area contributed by atoms with Crippen LogP contribution in [0, 0.1) is 0 Å². The van der Waals surface area contributed by atoms with Crippen molar-refractivity contribution in [2.75, 3.05) is 13.2 Å². The molecule has 0 atom stereocenters. The Morgan fingerprint density at radius 2 is 2.29 bits per heavy atom. The fourth-order valence-corrected chi connectivity index (χ4v) is 1.35. The summed E-state index contributed by atoms with van der Waals surface area (Å²) in [6.45, 7) is 1.26. The van der Waals surface area contributed by atoms with Gasteiger partial charge < -0.3 is 9.47 Å². The third kappa shape index (κ3) is 2.18. The standard InChI is InChI=1S/C9H12N2O3/c12-8(11-4-3-10-7-11)1-2-9-13-5-6-14-9/h3-4,7,9H,1-2,5-6H2. The Balaban J connectivity index is 1.78. The van der Waals surface area contributed by atoms with Crippen LogP contribution in [0.4, 0.5) is 0 Å². The van der Waals surface area contributed by atoms with Crippen LogP contribution in [-0.2, 0) is 9.47 Å². The first-order chi connectivity index (χ1) is 6.86. The molecule has 2 heterocycles. The summed E-state index contributed by atoms with van der Waals surface area (Å²) >= 11 is 0. The Morgan fingerprint density at radius 1 is 1.50 bits per heavy atom. The van der Waals surface area contributed by atoms with Crippen molar-refractivity contribution < 1.29 is 14.3 Å². The van der Waals surface area contributed by atoms with Gasteiger partial charge in [-0.05, 0) is 0 Å². The molecule has 1 saturated heterocycles. The monoisotopic (exact) mass is 196 g/mol. The summed E-state index contributed by atoms with van der Waals surface area (Å²) in [6, 6.07) is 0. The molecule has 14 heavy (non-hydrogen) atoms. The Bertz CT molecular complexity index is 291. The molecule has 2 rings (SSSR count). The van der Waals surface area contributed by atoms with Gasteiger partial charge in [-0.25, -0.2) is 4.98 Å². The minimum absolute atomic E-state index is 0.0154. The molecule has 5 nitrogen and oxygen atoms in total. The molecule has 1 fully saturated rings. The minimum Gasteiger partial charge on any atom is -0.350 e. The zero-order valence-electron chi connectivity index (χ0n) is 7.76. The topological polar surface area (TPSA) is 53.4 Å². The lowest BCUT2D eigenvalue weighted by atomic mass is 10.3. The summed E-state index contributed by atoms with van der Waals surface area (Å²) in [5, 5.41) is 0. The molecule has 1 aromatic heterocycles. The molecular weight excluding hydrogens is 184 g/mol. The Morgan fingerprint density at radius 3 is 2.93 bits per heavy atom. The fraction of sp³-hybridized carbons (Fsp3) is 0.556. The van der Waals surface area contributed by atoms with E-state index in [0.717, 1.165) is 0 Å². The summed E-state index contributed by atoms with van der Waals surface area (Å²) in [5.41, 5.74) is 0. The quantitative estimate of drug-likeness (QED) is 0.713. The van der Waals surface area contributed by atoms with Crippen LogP contribution in [0.3, 0.4) is 0 Å². The van der Waals surface area contributed by atoms with E-state index in [4.69, 9.17) is 9.47 Å². The maximum absolute atomic E-state index is 11.5. The fourth-order valence-electron chi connectivity index (χ4n) is 1.35. The van der Waals surface area contributed by atoms with Crippen molar-refractivity contribution in [1.82, 2.24) is 9.55 Å². The molecule has 0 radical (unpaired) electrons. The number of hydrogen-bond donors (Lipinski definition) is 0. The summed E-state index contributed by atoms with van der Waals surface area (Å²) in [5.74, 6) is 0.0154. The third-order valence-electron chi connectivity index (χ3n) is 2.08. The van der Waals surface area contributed by atoms with Gasteiger partial charge in [0.05, 0.1) is 13.2 Å². The van der Waals surface area contributed by atoms with Crippen molar-refractivity contribution in [3.05, 3.63) is 18.7 Å². The third-order valence-corrected chi connectivity index (χ3v) is 2.08. The summed E-state index contributed by atoms with van der Waals surface area (Å²) in [6.07, 6.45) is 5.54. The number of carbonyl (C=O) groups is 1. The maximum Gasteiger partial charge on any atom is 0.232 e. The lowest BCUT2D eigenvalue weighted by Crippen LogP contribution is -2.14. The van der Waals surface area contributed by atoms with Crippen LogP contribution in [0.25, 0.3) is 0 Å². The molecule has 0 aromatic carbocycles. The van der Waals surface area contributed by atoms with Gasteiger partial charge in [-0.2, -0.15) is 0 Å². The van der Waals surface area contributed by atoms with Crippen LogP contribution in [0.15, 0.2) is 18.7 Å². The first-order valence-corrected chi connectivity index (χ1v) is 4.60. The molecule has 1 aliphatic rings. The molecule has 1 aromatic rings. The molecule has 1 aliphatic heterocycles. The van der Waals surface area contributed by atoms with E-state index in [2.05, 4.69) is 4.98 Å². The van der Waals surface area contributed by atoms with E-state index in [1.54, 1.807) is 12.4 Å². The molecule has 0 saturated carbocycles. The SMILES string of the molecule is O=C(CCC1OCCO1)n1ccnc1. The Hall–Kier alpha value is -1.20. The van der Waals surface area contributed by atoms with Gasteiger partial charge in [0.25, 0.3) is 0 Å². The van der Waals surface area contributed by atoms with Gasteiger partial charge in [-0.15, -0.1) is 0 Å². The highest BCUT2D eigenvalue weighted by Gasteiger charge is 2.17. The zero-order chi connectivity index (χ0) is 9.80. The van der Waals surface area contributed by atoms with E-state index in [9.17, 15) is 4.79 Å². The van der Waals surface area contributed by atoms with Gasteiger partial charge in [-0.3, -0.25) is 9.36 Å². The summed E-state index contributed by atoms with van der Waals surface area (Å²) in [7, 11) is 0. The van der Waals surface area contributed by atoms with E-state index in [1.807, 2.05) is 0 Å². The second-order valence-corrected chi connectivity index (χ2v) is 3.07. The van der Waals surface area contributed by atoms with Crippen LogP contribution in [0.2, 0.25) is 0 Å². The second kappa shape index (κ2) is 4.34. The number of nitrogens with zero attached hydrogens (tertiary/aromatic N) is 2. The summed E-state index contributed by atoms with van der Waals surface area (Å²) < 4.78 is 11.9. The smallest absolute Gasteiger partial charge is 0.232 e. The minimum atomic E-state index is -0.206. The van der Waals surface area contributed by atoms with Crippen molar-refractivity contribution in [3.63, 3.8) is 0 Å². The van der Waals surface area contributed by atoms with Crippen molar-refractivity contribution in [3.8, 4) is 0 Å². The Kier molecular flexibility index (Phi) is 2.90. The number of imidazole rings is 1. The lowest BCUT2D eigenvalue weighted by molar-refractivity contribution is -0.0467. The maximum atomic E-state index is 11.5. The lowest BCUT2D eigenvalue weighted by Gasteiger charge is -2.07. The number of aromatic nitrogens is 2. The second-order valence-electron chi connectivity index (χ2n) is 3.07. The molecule has 0 amide bonds. The molecule has 5 heteroatoms. The molecule has 0 unspecified atom stereocenters. The average molecular weight is 196 g/mol. The van der Waals surface area contributed by atoms with Crippen molar-refractivity contribution in [1.29, 1.82) is 0 Å². The first kappa shape index (κ1) is 9.36. The van der Waals surface area contributed by atoms with E-state index in [0.29, 0.717) is 26.1 Å². The van der Waals surface area contributed by atoms with Gasteiger partial charge in [0, 0.05) is 25.2 Å². The van der Waals surface area contributed by atoms with Gasteiger partial charge in [0.15, 0.2) is 6.29 Å². The highest BCUT2D eigenvalue weighted by molar-refractivity contribution is 5.78. The first-order valence-electron chi connectivity index (χ1n) is 4.60. The van der Waals surface area contributed by atoms with Crippen LogP contribution >= 0.6 is 0 Å². The van der Waals surface area contributed by atoms with Crippen molar-refractivity contribution in [2.24, 2.45) is 0 Å². The molecule has 0 spiro atoms. The van der Waals surface area contributed by atoms with E-state index < -0.39 is 0 Å². The predicted octanol–water partition coefficient (Wildman–Crippen LogP) is 0.676. The van der Waals surface area contributed by atoms with Crippen molar-refractivity contribution >= 4 is 5.91 Å². The molecule has 0 N–H and O–H groups in total. The van der Waals surface area contributed by atoms with Crippen LogP contribution in [0.5, 0.6) is 0 Å². The van der Waals surface area contributed by atoms with Crippen LogP contribution in [-0.4, -0.2) is 35.0 Å². The predicted molar refractivity (Wildman–Crippen MR) is 47.8 cm³/mol. The zero-order valence-corrected chi connectivity index (χ0v) is 7.76. The number of ether oxygens (including phenoxy) is 2. The average Bonchev–Trinajstić information content (AvgIpc) is 2.87. The summed E-state index contributed by atoms with van der Waals surface area (Å²) in [4.78, 5) is 15.3. The number of rotatable bonds is 3. The largest absolute Gasteiger partial charge is 0.350 e. The molecule has 76 valence electrons. The highest BCUT2D eigenvalue weighted by atomic mass is 16.7. The number of carbonyl (C=O) groups excluding carboxylic acids is 1. The van der Waals surface area contributed by atoms with Crippen LogP contribution < -0.4 is 0 Å². The van der Waals surface area contributed by atoms with E-state index in [-0.39, 0.29) is 12.2 Å². The van der Waals surface area contributed by atoms with Crippen LogP contribution in [0.1, 0.15) is 17.6 Å². The van der Waals surface area contributed by atoms with Gasteiger partial charge >= 0.3 is 0 Å². The van der Waals surface area contributed by atoms with Gasteiger partial charge in [-0.1, -0.05) is 0 Å². The van der Waals surface area contributed by atoms with E-state index >= 15 is 0 Å². The van der Waals surface area contributed by atoms with Gasteiger partial charge in [0.2, 0.25) is 5.91 Å². The normalized spacial score (nSPS) is 17.4. The van der Waals surface area contributed by atoms with Crippen molar-refractivity contribution in [2.45, 2.75) is 19.1 Å². The number of hydrogen-bond acceptors (Lipinski definition) is 4. The molecule has 0 bridgehead atoms. The molecule has 0 aliphatic carbocycles.